The van der Waals surface area contributed by atoms with E-state index in [4.69, 9.17) is 4.74 Å². The molecule has 1 spiro atoms. The van der Waals surface area contributed by atoms with E-state index in [1.165, 1.54) is 0 Å². The van der Waals surface area contributed by atoms with Crippen LogP contribution in [0.25, 0.3) is 5.69 Å². The van der Waals surface area contributed by atoms with Gasteiger partial charge in [-0.05, 0) is 31.0 Å². The van der Waals surface area contributed by atoms with Crippen LogP contribution in [-0.4, -0.2) is 52.1 Å². The maximum Gasteiger partial charge on any atom is 0.308 e. The van der Waals surface area contributed by atoms with Crippen LogP contribution >= 0.6 is 0 Å². The number of aliphatic carboxylic acids is 1. The van der Waals surface area contributed by atoms with E-state index in [1.807, 2.05) is 41.1 Å². The topological polar surface area (TPSA) is 67.6 Å². The van der Waals surface area contributed by atoms with E-state index in [1.54, 1.807) is 6.20 Å². The number of rotatable bonds is 4. The zero-order valence-corrected chi connectivity index (χ0v) is 14.2. The molecule has 2 fully saturated rings. The summed E-state index contributed by atoms with van der Waals surface area (Å²) in [6, 6.07) is 12.0. The Morgan fingerprint density at radius 2 is 2.00 bits per heavy atom. The van der Waals surface area contributed by atoms with Crippen molar-refractivity contribution in [3.8, 4) is 5.69 Å². The number of nitrogens with zero attached hydrogens (tertiary/aromatic N) is 3. The lowest BCUT2D eigenvalue weighted by molar-refractivity contribution is -0.147. The lowest BCUT2D eigenvalue weighted by atomic mass is 9.72. The Kier molecular flexibility index (Phi) is 4.31. The predicted octanol–water partition coefficient (Wildman–Crippen LogP) is 2.19. The average Bonchev–Trinajstić information content (AvgIpc) is 3.22. The molecule has 2 aromatic rings. The first-order valence-electron chi connectivity index (χ1n) is 8.79. The van der Waals surface area contributed by atoms with Gasteiger partial charge in [-0.1, -0.05) is 18.2 Å². The Morgan fingerprint density at radius 3 is 2.72 bits per heavy atom. The number of hydrogen-bond donors (Lipinski definition) is 1. The molecule has 1 aromatic heterocycles. The number of carbonyl (C=O) groups is 1. The summed E-state index contributed by atoms with van der Waals surface area (Å²) in [5.41, 5.74) is 1.96. The number of para-hydroxylation sites is 1. The second-order valence-electron chi connectivity index (χ2n) is 7.11. The van der Waals surface area contributed by atoms with E-state index < -0.39 is 5.97 Å². The summed E-state index contributed by atoms with van der Waals surface area (Å²) in [6.07, 6.45) is 3.47. The Morgan fingerprint density at radius 1 is 1.24 bits per heavy atom. The Balaban J connectivity index is 1.55. The van der Waals surface area contributed by atoms with Gasteiger partial charge in [-0.15, -0.1) is 0 Å². The van der Waals surface area contributed by atoms with Gasteiger partial charge in [0.15, 0.2) is 0 Å². The van der Waals surface area contributed by atoms with Crippen molar-refractivity contribution in [2.75, 3.05) is 26.3 Å². The van der Waals surface area contributed by atoms with Crippen LogP contribution in [0.5, 0.6) is 0 Å². The van der Waals surface area contributed by atoms with Crippen molar-refractivity contribution in [1.29, 1.82) is 0 Å². The summed E-state index contributed by atoms with van der Waals surface area (Å²) in [5.74, 6) is -0.995. The molecule has 2 saturated heterocycles. The van der Waals surface area contributed by atoms with Crippen LogP contribution in [-0.2, 0) is 16.1 Å². The highest BCUT2D eigenvalue weighted by Crippen LogP contribution is 2.44. The smallest absolute Gasteiger partial charge is 0.308 e. The first-order valence-corrected chi connectivity index (χ1v) is 8.79. The third-order valence-electron chi connectivity index (χ3n) is 5.61. The van der Waals surface area contributed by atoms with Crippen molar-refractivity contribution in [3.05, 3.63) is 48.3 Å². The fourth-order valence-corrected chi connectivity index (χ4v) is 4.30. The fourth-order valence-electron chi connectivity index (χ4n) is 4.30. The highest BCUT2D eigenvalue weighted by atomic mass is 16.5. The average molecular weight is 341 g/mol. The van der Waals surface area contributed by atoms with Gasteiger partial charge in [0.25, 0.3) is 0 Å². The molecule has 0 aliphatic carbocycles. The lowest BCUT2D eigenvalue weighted by Crippen LogP contribution is -2.40. The Bertz CT molecular complexity index is 737. The van der Waals surface area contributed by atoms with Crippen LogP contribution in [0.15, 0.2) is 42.6 Å². The minimum absolute atomic E-state index is 0.151. The monoisotopic (exact) mass is 341 g/mol. The standard InChI is InChI=1S/C19H23N3O3/c23-18(24)17-13-21(14-19(17)7-10-25-11-8-19)12-16-6-9-20-22(16)15-4-2-1-3-5-15/h1-6,9,17H,7-8,10-14H2,(H,23,24). The predicted molar refractivity (Wildman–Crippen MR) is 92.5 cm³/mol. The van der Waals surface area contributed by atoms with Gasteiger partial charge < -0.3 is 9.84 Å². The molecule has 1 N–H and O–H groups in total. The van der Waals surface area contributed by atoms with E-state index in [2.05, 4.69) is 10.00 Å². The van der Waals surface area contributed by atoms with Gasteiger partial charge in [0.2, 0.25) is 0 Å². The summed E-state index contributed by atoms with van der Waals surface area (Å²) in [4.78, 5) is 14.1. The van der Waals surface area contributed by atoms with Gasteiger partial charge >= 0.3 is 5.97 Å². The van der Waals surface area contributed by atoms with Crippen LogP contribution in [0.1, 0.15) is 18.5 Å². The first-order chi connectivity index (χ1) is 12.2. The van der Waals surface area contributed by atoms with E-state index in [0.717, 1.165) is 30.8 Å². The van der Waals surface area contributed by atoms with Crippen molar-refractivity contribution in [1.82, 2.24) is 14.7 Å². The molecule has 0 saturated carbocycles. The molecule has 2 aliphatic rings. The normalized spacial score (nSPS) is 23.1. The van der Waals surface area contributed by atoms with Gasteiger partial charge in [0.1, 0.15) is 0 Å². The van der Waals surface area contributed by atoms with Crippen molar-refractivity contribution in [3.63, 3.8) is 0 Å². The van der Waals surface area contributed by atoms with Crippen molar-refractivity contribution < 1.29 is 14.6 Å². The fraction of sp³-hybridized carbons (Fsp3) is 0.474. The zero-order valence-electron chi connectivity index (χ0n) is 14.2. The third-order valence-corrected chi connectivity index (χ3v) is 5.61. The summed E-state index contributed by atoms with van der Waals surface area (Å²) >= 11 is 0. The molecule has 6 nitrogen and oxygen atoms in total. The second kappa shape index (κ2) is 6.61. The molecule has 25 heavy (non-hydrogen) atoms. The number of likely N-dealkylation sites (tertiary alicyclic amines) is 1. The molecule has 1 aromatic carbocycles. The van der Waals surface area contributed by atoms with Crippen LogP contribution < -0.4 is 0 Å². The summed E-state index contributed by atoms with van der Waals surface area (Å²) in [5, 5.41) is 14.2. The van der Waals surface area contributed by atoms with Gasteiger partial charge in [-0.2, -0.15) is 5.10 Å². The maximum absolute atomic E-state index is 11.8. The first kappa shape index (κ1) is 16.3. The molecule has 2 aliphatic heterocycles. The summed E-state index contributed by atoms with van der Waals surface area (Å²) in [7, 11) is 0. The highest BCUT2D eigenvalue weighted by Gasteiger charge is 2.50. The molecule has 0 bridgehead atoms. The largest absolute Gasteiger partial charge is 0.481 e. The number of carboxylic acids is 1. The molecular formula is C19H23N3O3. The lowest BCUT2D eigenvalue weighted by Gasteiger charge is -2.36. The minimum Gasteiger partial charge on any atom is -0.481 e. The zero-order chi connectivity index (χ0) is 17.3. The van der Waals surface area contributed by atoms with Crippen molar-refractivity contribution >= 4 is 5.97 Å². The van der Waals surface area contributed by atoms with Crippen LogP contribution in [0.4, 0.5) is 0 Å². The number of carboxylic acid groups (broad SMARTS) is 1. The maximum atomic E-state index is 11.8. The SMILES string of the molecule is O=C(O)C1CN(Cc2ccnn2-c2ccccc2)CC12CCOCC2. The highest BCUT2D eigenvalue weighted by molar-refractivity contribution is 5.72. The molecule has 0 radical (unpaired) electrons. The van der Waals surface area contributed by atoms with Gasteiger partial charge in [-0.25, -0.2) is 4.68 Å². The quantitative estimate of drug-likeness (QED) is 0.923. The molecule has 4 rings (SSSR count). The molecule has 0 amide bonds. The van der Waals surface area contributed by atoms with Crippen LogP contribution in [0, 0.1) is 11.3 Å². The Labute approximate surface area is 147 Å². The molecule has 6 heteroatoms. The number of aromatic nitrogens is 2. The van der Waals surface area contributed by atoms with Gasteiger partial charge in [-0.3, -0.25) is 9.69 Å². The van der Waals surface area contributed by atoms with E-state index in [-0.39, 0.29) is 11.3 Å². The summed E-state index contributed by atoms with van der Waals surface area (Å²) < 4.78 is 7.41. The van der Waals surface area contributed by atoms with Gasteiger partial charge in [0, 0.05) is 44.5 Å². The van der Waals surface area contributed by atoms with Crippen LogP contribution in [0.3, 0.4) is 0 Å². The molecule has 1 unspecified atom stereocenters. The van der Waals surface area contributed by atoms with Crippen molar-refractivity contribution in [2.24, 2.45) is 11.3 Å². The van der Waals surface area contributed by atoms with E-state index in [0.29, 0.717) is 26.3 Å². The number of benzene rings is 1. The van der Waals surface area contributed by atoms with Crippen LogP contribution in [0.2, 0.25) is 0 Å². The second-order valence-corrected chi connectivity index (χ2v) is 7.11. The van der Waals surface area contributed by atoms with E-state index in [9.17, 15) is 9.90 Å². The summed E-state index contributed by atoms with van der Waals surface area (Å²) in [6.45, 7) is 3.45. The number of hydrogen-bond acceptors (Lipinski definition) is 4. The van der Waals surface area contributed by atoms with Crippen molar-refractivity contribution in [2.45, 2.75) is 19.4 Å². The number of ether oxygens (including phenoxy) is 1. The third kappa shape index (κ3) is 3.07. The Hall–Kier alpha value is -2.18. The van der Waals surface area contributed by atoms with E-state index >= 15 is 0 Å². The van der Waals surface area contributed by atoms with Gasteiger partial charge in [0.05, 0.1) is 17.3 Å². The molecule has 3 heterocycles. The molecule has 1 atom stereocenters. The molecule has 132 valence electrons. The molecular weight excluding hydrogens is 318 g/mol. The minimum atomic E-state index is -0.680.